The molecule has 1 unspecified atom stereocenters. The lowest BCUT2D eigenvalue weighted by atomic mass is 10.1. The first-order valence-corrected chi connectivity index (χ1v) is 10.8. The van der Waals surface area contributed by atoms with Crippen molar-refractivity contribution in [2.24, 2.45) is 0 Å². The molecule has 2 aromatic rings. The summed E-state index contributed by atoms with van der Waals surface area (Å²) < 4.78 is 0. The standard InChI is InChI=1S/C24H32N4O2/c1-4-18(3)25-23(29)20-16-19(12-13-22(20)28-14-8-5-9-15-28)26-24(30)27-21-11-7-6-10-17(21)2/h6-7,10-13,16,18H,4-5,8-9,14-15H2,1-3H3,(H,25,29)(H2,26,27,30). The zero-order chi connectivity index (χ0) is 21.5. The van der Waals surface area contributed by atoms with Crippen molar-refractivity contribution in [3.05, 3.63) is 53.6 Å². The number of hydrogen-bond donors (Lipinski definition) is 3. The van der Waals surface area contributed by atoms with Crippen molar-refractivity contribution in [1.29, 1.82) is 0 Å². The number of nitrogens with one attached hydrogen (secondary N) is 3. The minimum absolute atomic E-state index is 0.0904. The van der Waals surface area contributed by atoms with Crippen molar-refractivity contribution in [2.45, 2.75) is 52.5 Å². The topological polar surface area (TPSA) is 73.5 Å². The summed E-state index contributed by atoms with van der Waals surface area (Å²) in [7, 11) is 0. The number of carbonyl (C=O) groups is 2. The van der Waals surface area contributed by atoms with Crippen LogP contribution in [0.25, 0.3) is 0 Å². The second-order valence-electron chi connectivity index (χ2n) is 7.96. The first-order chi connectivity index (χ1) is 14.5. The lowest BCUT2D eigenvalue weighted by Gasteiger charge is -2.31. The summed E-state index contributed by atoms with van der Waals surface area (Å²) in [5.41, 5.74) is 3.87. The molecular formula is C24H32N4O2. The summed E-state index contributed by atoms with van der Waals surface area (Å²) in [5, 5.41) is 8.79. The normalized spacial score (nSPS) is 14.7. The van der Waals surface area contributed by atoms with Gasteiger partial charge in [-0.3, -0.25) is 4.79 Å². The van der Waals surface area contributed by atoms with Gasteiger partial charge in [-0.1, -0.05) is 25.1 Å². The number of para-hydroxylation sites is 1. The fourth-order valence-electron chi connectivity index (χ4n) is 3.61. The summed E-state index contributed by atoms with van der Waals surface area (Å²) in [6.07, 6.45) is 4.35. The Kier molecular flexibility index (Phi) is 7.33. The van der Waals surface area contributed by atoms with Crippen LogP contribution in [-0.2, 0) is 0 Å². The third kappa shape index (κ3) is 5.53. The van der Waals surface area contributed by atoms with Gasteiger partial charge in [0, 0.05) is 36.2 Å². The molecule has 0 spiro atoms. The van der Waals surface area contributed by atoms with E-state index in [4.69, 9.17) is 0 Å². The van der Waals surface area contributed by atoms with Crippen molar-refractivity contribution < 1.29 is 9.59 Å². The molecule has 30 heavy (non-hydrogen) atoms. The Morgan fingerprint density at radius 2 is 1.77 bits per heavy atom. The number of carbonyl (C=O) groups excluding carboxylic acids is 2. The Morgan fingerprint density at radius 1 is 1.03 bits per heavy atom. The van der Waals surface area contributed by atoms with E-state index in [1.165, 1.54) is 6.42 Å². The number of nitrogens with zero attached hydrogens (tertiary/aromatic N) is 1. The number of urea groups is 1. The Morgan fingerprint density at radius 3 is 2.47 bits per heavy atom. The number of rotatable bonds is 6. The summed E-state index contributed by atoms with van der Waals surface area (Å²) in [4.78, 5) is 27.7. The predicted octanol–water partition coefficient (Wildman–Crippen LogP) is 5.16. The summed E-state index contributed by atoms with van der Waals surface area (Å²) in [5.74, 6) is -0.104. The average molecular weight is 409 g/mol. The molecule has 1 saturated heterocycles. The monoisotopic (exact) mass is 408 g/mol. The van der Waals surface area contributed by atoms with Crippen LogP contribution in [0.1, 0.15) is 55.5 Å². The zero-order valence-corrected chi connectivity index (χ0v) is 18.1. The minimum atomic E-state index is -0.330. The number of aryl methyl sites for hydroxylation is 1. The van der Waals surface area contributed by atoms with E-state index in [1.807, 2.05) is 57.2 Å². The molecule has 3 amide bonds. The molecule has 0 saturated carbocycles. The number of piperidine rings is 1. The minimum Gasteiger partial charge on any atom is -0.371 e. The maximum absolute atomic E-state index is 13.0. The fraction of sp³-hybridized carbons (Fsp3) is 0.417. The van der Waals surface area contributed by atoms with Crippen LogP contribution in [-0.4, -0.2) is 31.1 Å². The molecule has 0 aliphatic carbocycles. The molecule has 2 aromatic carbocycles. The molecule has 3 N–H and O–H groups in total. The van der Waals surface area contributed by atoms with Gasteiger partial charge in [-0.25, -0.2) is 4.79 Å². The molecule has 6 nitrogen and oxygen atoms in total. The molecule has 6 heteroatoms. The van der Waals surface area contributed by atoms with Crippen molar-refractivity contribution in [2.75, 3.05) is 28.6 Å². The van der Waals surface area contributed by atoms with Crippen LogP contribution < -0.4 is 20.9 Å². The van der Waals surface area contributed by atoms with Gasteiger partial charge in [0.1, 0.15) is 0 Å². The molecule has 0 aromatic heterocycles. The van der Waals surface area contributed by atoms with Gasteiger partial charge in [-0.05, 0) is 69.4 Å². The highest BCUT2D eigenvalue weighted by atomic mass is 16.2. The van der Waals surface area contributed by atoms with E-state index in [0.29, 0.717) is 11.3 Å². The SMILES string of the molecule is CCC(C)NC(=O)c1cc(NC(=O)Nc2ccccc2C)ccc1N1CCCCC1. The first kappa shape index (κ1) is 21.7. The van der Waals surface area contributed by atoms with Crippen LogP contribution >= 0.6 is 0 Å². The van der Waals surface area contributed by atoms with E-state index in [-0.39, 0.29) is 18.0 Å². The first-order valence-electron chi connectivity index (χ1n) is 10.8. The molecular weight excluding hydrogens is 376 g/mol. The lowest BCUT2D eigenvalue weighted by molar-refractivity contribution is 0.0939. The van der Waals surface area contributed by atoms with E-state index in [0.717, 1.165) is 49.3 Å². The van der Waals surface area contributed by atoms with Crippen molar-refractivity contribution in [3.8, 4) is 0 Å². The summed E-state index contributed by atoms with van der Waals surface area (Å²) in [6.45, 7) is 7.88. The van der Waals surface area contributed by atoms with Crippen molar-refractivity contribution in [3.63, 3.8) is 0 Å². The highest BCUT2D eigenvalue weighted by Crippen LogP contribution is 2.27. The Bertz CT molecular complexity index is 891. The Balaban J connectivity index is 1.81. The second-order valence-corrected chi connectivity index (χ2v) is 7.96. The van der Waals surface area contributed by atoms with Crippen molar-refractivity contribution >= 4 is 29.0 Å². The molecule has 160 valence electrons. The Labute approximate surface area is 179 Å². The molecule has 1 aliphatic heterocycles. The molecule has 1 atom stereocenters. The van der Waals surface area contributed by atoms with Crippen LogP contribution in [0.15, 0.2) is 42.5 Å². The van der Waals surface area contributed by atoms with Crippen LogP contribution in [0.4, 0.5) is 21.9 Å². The quantitative estimate of drug-likeness (QED) is 0.618. The third-order valence-corrected chi connectivity index (χ3v) is 5.58. The average Bonchev–Trinajstić information content (AvgIpc) is 2.75. The van der Waals surface area contributed by atoms with Crippen molar-refractivity contribution in [1.82, 2.24) is 5.32 Å². The maximum atomic E-state index is 13.0. The largest absolute Gasteiger partial charge is 0.371 e. The smallest absolute Gasteiger partial charge is 0.323 e. The molecule has 1 fully saturated rings. The summed E-state index contributed by atoms with van der Waals surface area (Å²) >= 11 is 0. The highest BCUT2D eigenvalue weighted by Gasteiger charge is 2.20. The van der Waals surface area contributed by atoms with Crippen LogP contribution in [0.3, 0.4) is 0 Å². The third-order valence-electron chi connectivity index (χ3n) is 5.58. The molecule has 1 heterocycles. The highest BCUT2D eigenvalue weighted by molar-refractivity contribution is 6.04. The van der Waals surface area contributed by atoms with E-state index in [9.17, 15) is 9.59 Å². The number of amides is 3. The van der Waals surface area contributed by atoms with Gasteiger partial charge in [-0.2, -0.15) is 0 Å². The molecule has 3 rings (SSSR count). The molecule has 0 bridgehead atoms. The number of benzene rings is 2. The number of hydrogen-bond acceptors (Lipinski definition) is 3. The fourth-order valence-corrected chi connectivity index (χ4v) is 3.61. The summed E-state index contributed by atoms with van der Waals surface area (Å²) in [6, 6.07) is 13.0. The van der Waals surface area contributed by atoms with E-state index in [1.54, 1.807) is 6.07 Å². The maximum Gasteiger partial charge on any atom is 0.323 e. The van der Waals surface area contributed by atoms with Gasteiger partial charge in [0.15, 0.2) is 0 Å². The van der Waals surface area contributed by atoms with Crippen LogP contribution in [0.5, 0.6) is 0 Å². The van der Waals surface area contributed by atoms with Gasteiger partial charge >= 0.3 is 6.03 Å². The van der Waals surface area contributed by atoms with Crippen LogP contribution in [0, 0.1) is 6.92 Å². The molecule has 1 aliphatic rings. The van der Waals surface area contributed by atoms with Gasteiger partial charge < -0.3 is 20.9 Å². The Hall–Kier alpha value is -3.02. The second kappa shape index (κ2) is 10.1. The van der Waals surface area contributed by atoms with Gasteiger partial charge in [0.25, 0.3) is 5.91 Å². The predicted molar refractivity (Wildman–Crippen MR) is 124 cm³/mol. The van der Waals surface area contributed by atoms with Gasteiger partial charge in [0.2, 0.25) is 0 Å². The molecule has 0 radical (unpaired) electrons. The lowest BCUT2D eigenvalue weighted by Crippen LogP contribution is -2.35. The number of anilines is 3. The van der Waals surface area contributed by atoms with E-state index < -0.39 is 0 Å². The van der Waals surface area contributed by atoms with E-state index in [2.05, 4.69) is 20.9 Å². The van der Waals surface area contributed by atoms with Gasteiger partial charge in [0.05, 0.1) is 5.56 Å². The van der Waals surface area contributed by atoms with Crippen LogP contribution in [0.2, 0.25) is 0 Å². The van der Waals surface area contributed by atoms with Gasteiger partial charge in [-0.15, -0.1) is 0 Å². The zero-order valence-electron chi connectivity index (χ0n) is 18.1. The van der Waals surface area contributed by atoms with E-state index >= 15 is 0 Å².